The Hall–Kier alpha value is -3.55. The Morgan fingerprint density at radius 3 is 2.86 bits per heavy atom. The lowest BCUT2D eigenvalue weighted by molar-refractivity contribution is -0.139. The summed E-state index contributed by atoms with van der Waals surface area (Å²) in [5.41, 5.74) is 8.99. The van der Waals surface area contributed by atoms with Crippen LogP contribution in [0.25, 0.3) is 11.0 Å². The number of hydrogen-bond acceptors (Lipinski definition) is 7. The van der Waals surface area contributed by atoms with Crippen LogP contribution in [0, 0.1) is 13.8 Å². The van der Waals surface area contributed by atoms with E-state index in [-0.39, 0.29) is 23.9 Å². The third kappa shape index (κ3) is 2.74. The summed E-state index contributed by atoms with van der Waals surface area (Å²) < 4.78 is 16.1. The van der Waals surface area contributed by atoms with E-state index in [0.29, 0.717) is 27.8 Å². The lowest BCUT2D eigenvalue weighted by atomic mass is 9.82. The van der Waals surface area contributed by atoms with Gasteiger partial charge in [0.15, 0.2) is 0 Å². The maximum Gasteiger partial charge on any atom is 0.340 e. The molecule has 0 fully saturated rings. The molecule has 0 bridgehead atoms. The molecule has 0 radical (unpaired) electrons. The number of H-pyrrole nitrogens is 1. The van der Waals surface area contributed by atoms with Gasteiger partial charge in [-0.2, -0.15) is 0 Å². The molecule has 1 aromatic carbocycles. The number of aryl methyl sites for hydroxylation is 2. The lowest BCUT2D eigenvalue weighted by Gasteiger charge is -2.26. The van der Waals surface area contributed by atoms with Crippen molar-refractivity contribution in [2.24, 2.45) is 5.73 Å². The maximum absolute atomic E-state index is 12.8. The van der Waals surface area contributed by atoms with Gasteiger partial charge in [-0.1, -0.05) is 11.6 Å². The highest BCUT2D eigenvalue weighted by atomic mass is 16.5. The molecule has 1 aliphatic rings. The quantitative estimate of drug-likeness (QED) is 0.528. The molecule has 1 aliphatic heterocycles. The number of aromatic amines is 1. The van der Waals surface area contributed by atoms with Crippen LogP contribution in [0.2, 0.25) is 0 Å². The van der Waals surface area contributed by atoms with Gasteiger partial charge >= 0.3 is 11.6 Å². The minimum atomic E-state index is -0.685. The molecule has 0 saturated heterocycles. The summed E-state index contributed by atoms with van der Waals surface area (Å²) in [6.07, 6.45) is 0. The molecule has 1 atom stereocenters. The second kappa shape index (κ2) is 6.56. The van der Waals surface area contributed by atoms with Crippen molar-refractivity contribution in [2.75, 3.05) is 6.61 Å². The molecular weight excluding hydrogens is 362 g/mol. The first-order valence-corrected chi connectivity index (χ1v) is 8.84. The molecule has 3 N–H and O–H groups in total. The van der Waals surface area contributed by atoms with Crippen LogP contribution in [0.3, 0.4) is 0 Å². The summed E-state index contributed by atoms with van der Waals surface area (Å²) in [5, 5.41) is 7.68. The van der Waals surface area contributed by atoms with Gasteiger partial charge < -0.3 is 19.6 Å². The predicted molar refractivity (Wildman–Crippen MR) is 101 cm³/mol. The molecule has 4 rings (SSSR count). The Balaban J connectivity index is 2.07. The molecular formula is C20H19N3O5. The molecule has 0 aliphatic carbocycles. The number of rotatable bonds is 3. The van der Waals surface area contributed by atoms with E-state index in [1.807, 2.05) is 26.0 Å². The van der Waals surface area contributed by atoms with Gasteiger partial charge in [-0.3, -0.25) is 5.10 Å². The van der Waals surface area contributed by atoms with Gasteiger partial charge in [-0.05, 0) is 38.5 Å². The number of carbonyl (C=O) groups excluding carboxylic acids is 1. The van der Waals surface area contributed by atoms with Gasteiger partial charge in [0, 0.05) is 22.7 Å². The molecule has 8 nitrogen and oxygen atoms in total. The summed E-state index contributed by atoms with van der Waals surface area (Å²) >= 11 is 0. The zero-order valence-electron chi connectivity index (χ0n) is 15.7. The number of aromatic nitrogens is 2. The highest BCUT2D eigenvalue weighted by Gasteiger charge is 2.39. The van der Waals surface area contributed by atoms with Crippen LogP contribution in [0.5, 0.6) is 5.88 Å². The van der Waals surface area contributed by atoms with Crippen molar-refractivity contribution in [1.82, 2.24) is 10.2 Å². The van der Waals surface area contributed by atoms with Crippen LogP contribution in [-0.4, -0.2) is 22.8 Å². The van der Waals surface area contributed by atoms with E-state index in [1.54, 1.807) is 13.0 Å². The SMILES string of the molecule is CCOC(=O)C1=C(N)Oc2n[nH]c(C)c2C1c1cc(=O)oc2ccc(C)cc12. The minimum Gasteiger partial charge on any atom is -0.462 e. The average Bonchev–Trinajstić information content (AvgIpc) is 3.01. The standard InChI is InChI=1S/C20H19N3O5/c1-4-26-20(25)17-16(15-10(3)22-23-19(15)28-18(17)21)12-8-14(24)27-13-6-5-9(2)7-11(12)13/h5-8,16H,4,21H2,1-3H3,(H,22,23). The highest BCUT2D eigenvalue weighted by Crippen LogP contribution is 2.44. The van der Waals surface area contributed by atoms with Gasteiger partial charge in [-0.15, -0.1) is 5.10 Å². The van der Waals surface area contributed by atoms with Crippen molar-refractivity contribution in [3.05, 3.63) is 68.5 Å². The van der Waals surface area contributed by atoms with E-state index in [0.717, 1.165) is 5.56 Å². The molecule has 0 saturated carbocycles. The smallest absolute Gasteiger partial charge is 0.340 e. The molecule has 0 amide bonds. The number of benzene rings is 1. The number of nitrogens with one attached hydrogen (secondary N) is 1. The van der Waals surface area contributed by atoms with Crippen molar-refractivity contribution in [1.29, 1.82) is 0 Å². The fraction of sp³-hybridized carbons (Fsp3) is 0.250. The number of carbonyl (C=O) groups is 1. The van der Waals surface area contributed by atoms with Gasteiger partial charge in [0.05, 0.1) is 12.5 Å². The van der Waals surface area contributed by atoms with Crippen molar-refractivity contribution in [3.63, 3.8) is 0 Å². The Morgan fingerprint density at radius 2 is 2.11 bits per heavy atom. The first-order chi connectivity index (χ1) is 13.4. The first kappa shape index (κ1) is 17.8. The molecule has 0 spiro atoms. The van der Waals surface area contributed by atoms with Crippen LogP contribution in [0.1, 0.15) is 35.2 Å². The van der Waals surface area contributed by atoms with Crippen molar-refractivity contribution in [2.45, 2.75) is 26.7 Å². The fourth-order valence-corrected chi connectivity index (χ4v) is 3.56. The van der Waals surface area contributed by atoms with Crippen LogP contribution >= 0.6 is 0 Å². The Labute approximate surface area is 159 Å². The summed E-state index contributed by atoms with van der Waals surface area (Å²) in [6, 6.07) is 6.86. The molecule has 2 aromatic heterocycles. The van der Waals surface area contributed by atoms with Crippen LogP contribution in [0.15, 0.2) is 44.9 Å². The van der Waals surface area contributed by atoms with E-state index in [1.165, 1.54) is 6.07 Å². The van der Waals surface area contributed by atoms with Gasteiger partial charge in [0.25, 0.3) is 0 Å². The van der Waals surface area contributed by atoms with E-state index < -0.39 is 17.5 Å². The van der Waals surface area contributed by atoms with Gasteiger partial charge in [0.1, 0.15) is 11.2 Å². The van der Waals surface area contributed by atoms with Crippen LogP contribution < -0.4 is 16.1 Å². The second-order valence-corrected chi connectivity index (χ2v) is 6.62. The summed E-state index contributed by atoms with van der Waals surface area (Å²) in [5.74, 6) is -1.13. The highest BCUT2D eigenvalue weighted by molar-refractivity contribution is 5.94. The topological polar surface area (TPSA) is 120 Å². The van der Waals surface area contributed by atoms with Crippen LogP contribution in [-0.2, 0) is 9.53 Å². The second-order valence-electron chi connectivity index (χ2n) is 6.62. The molecule has 144 valence electrons. The normalized spacial score (nSPS) is 16.0. The Bertz CT molecular complexity index is 1190. The Morgan fingerprint density at radius 1 is 1.32 bits per heavy atom. The van der Waals surface area contributed by atoms with E-state index in [2.05, 4.69) is 10.2 Å². The van der Waals surface area contributed by atoms with Gasteiger partial charge in [0.2, 0.25) is 11.8 Å². The Kier molecular flexibility index (Phi) is 4.18. The maximum atomic E-state index is 12.8. The summed E-state index contributed by atoms with van der Waals surface area (Å²) in [6.45, 7) is 5.63. The van der Waals surface area contributed by atoms with Crippen molar-refractivity contribution in [3.8, 4) is 5.88 Å². The van der Waals surface area contributed by atoms with Crippen LogP contribution in [0.4, 0.5) is 0 Å². The lowest BCUT2D eigenvalue weighted by Crippen LogP contribution is -2.28. The molecule has 1 unspecified atom stereocenters. The fourth-order valence-electron chi connectivity index (χ4n) is 3.56. The van der Waals surface area contributed by atoms with Crippen molar-refractivity contribution >= 4 is 16.9 Å². The zero-order valence-corrected chi connectivity index (χ0v) is 15.7. The molecule has 3 heterocycles. The number of hydrogen-bond donors (Lipinski definition) is 2. The predicted octanol–water partition coefficient (Wildman–Crippen LogP) is 2.39. The number of fused-ring (bicyclic) bond motifs is 2. The summed E-state index contributed by atoms with van der Waals surface area (Å²) in [7, 11) is 0. The van der Waals surface area contributed by atoms with E-state index in [9.17, 15) is 9.59 Å². The van der Waals surface area contributed by atoms with E-state index in [4.69, 9.17) is 19.6 Å². The third-order valence-electron chi connectivity index (χ3n) is 4.75. The van der Waals surface area contributed by atoms with Gasteiger partial charge in [-0.25, -0.2) is 9.59 Å². The molecule has 3 aromatic rings. The minimum absolute atomic E-state index is 0.100. The summed E-state index contributed by atoms with van der Waals surface area (Å²) in [4.78, 5) is 25.0. The first-order valence-electron chi connectivity index (χ1n) is 8.84. The number of nitrogens with two attached hydrogens (primary N) is 1. The zero-order chi connectivity index (χ0) is 20.0. The largest absolute Gasteiger partial charge is 0.462 e. The van der Waals surface area contributed by atoms with E-state index >= 15 is 0 Å². The molecule has 8 heteroatoms. The number of esters is 1. The average molecular weight is 381 g/mol. The monoisotopic (exact) mass is 381 g/mol. The number of ether oxygens (including phenoxy) is 2. The third-order valence-corrected chi connectivity index (χ3v) is 4.75. The van der Waals surface area contributed by atoms with Crippen molar-refractivity contribution < 1.29 is 18.7 Å². The number of nitrogens with zero attached hydrogens (tertiary/aromatic N) is 1. The molecule has 28 heavy (non-hydrogen) atoms.